The molecule has 2 aromatic heterocycles. The minimum Gasteiger partial charge on any atom is -0.361 e. The van der Waals surface area contributed by atoms with Crippen molar-refractivity contribution in [1.82, 2.24) is 10.3 Å². The van der Waals surface area contributed by atoms with E-state index in [4.69, 9.17) is 0 Å². The largest absolute Gasteiger partial charge is 0.361 e. The summed E-state index contributed by atoms with van der Waals surface area (Å²) in [4.78, 5) is 33.3. The Kier molecular flexibility index (Phi) is 6.51. The molecule has 0 radical (unpaired) electrons. The van der Waals surface area contributed by atoms with Gasteiger partial charge >= 0.3 is 0 Å². The zero-order valence-corrected chi connectivity index (χ0v) is 22.8. The fourth-order valence-electron chi connectivity index (χ4n) is 5.87. The number of anilines is 2. The molecule has 8 heteroatoms. The van der Waals surface area contributed by atoms with Gasteiger partial charge in [0.25, 0.3) is 0 Å². The molecule has 0 fully saturated rings. The van der Waals surface area contributed by atoms with Crippen LogP contribution >= 0.6 is 11.3 Å². The van der Waals surface area contributed by atoms with Crippen molar-refractivity contribution in [2.24, 2.45) is 5.41 Å². The monoisotopic (exact) mass is 542 g/mol. The Labute approximate surface area is 230 Å². The van der Waals surface area contributed by atoms with Crippen LogP contribution in [0.25, 0.3) is 10.9 Å². The molecular formula is C31H31FN4O2S. The highest BCUT2D eigenvalue weighted by Gasteiger charge is 2.42. The number of ketones is 1. The molecule has 3 N–H and O–H groups in total. The summed E-state index contributed by atoms with van der Waals surface area (Å²) in [6, 6.07) is 16.3. The van der Waals surface area contributed by atoms with E-state index in [1.165, 1.54) is 12.1 Å². The molecule has 6 rings (SSSR count). The number of Topliss-reactive ketones (excluding diaryl/α,β-unsaturated/α-hetero) is 1. The average Bonchev–Trinajstić information content (AvgIpc) is 3.53. The zero-order valence-electron chi connectivity index (χ0n) is 22.0. The van der Waals surface area contributed by atoms with Gasteiger partial charge in [-0.1, -0.05) is 32.0 Å². The van der Waals surface area contributed by atoms with Crippen molar-refractivity contribution in [3.05, 3.63) is 93.7 Å². The second-order valence-corrected chi connectivity index (χ2v) is 12.1. The third-order valence-electron chi connectivity index (χ3n) is 7.58. The van der Waals surface area contributed by atoms with E-state index in [0.717, 1.165) is 50.4 Å². The van der Waals surface area contributed by atoms with Gasteiger partial charge in [-0.2, -0.15) is 0 Å². The van der Waals surface area contributed by atoms with Gasteiger partial charge in [-0.05, 0) is 65.6 Å². The standard InChI is InChI=1S/C31H31FN4O2S/c1-31(2)15-24-29(26(37)16-31)30(27-8-5-13-39-27)36(25-7-4-3-6-23(25)35-24)18-28(38)33-12-11-19-17-34-22-10-9-20(32)14-21(19)22/h3-10,13-14,17,30,34-35H,11-12,15-16,18H2,1-2H3,(H,33,38). The Balaban J connectivity index is 1.29. The molecule has 0 bridgehead atoms. The lowest BCUT2D eigenvalue weighted by molar-refractivity contribution is -0.120. The molecular weight excluding hydrogens is 511 g/mol. The van der Waals surface area contributed by atoms with E-state index in [1.807, 2.05) is 48.0 Å². The number of benzene rings is 2. The maximum absolute atomic E-state index is 13.8. The Hall–Kier alpha value is -3.91. The zero-order chi connectivity index (χ0) is 27.1. The fourth-order valence-corrected chi connectivity index (χ4v) is 6.72. The predicted molar refractivity (Wildman–Crippen MR) is 154 cm³/mol. The van der Waals surface area contributed by atoms with Crippen LogP contribution in [-0.2, 0) is 16.0 Å². The molecule has 0 saturated carbocycles. The summed E-state index contributed by atoms with van der Waals surface area (Å²) < 4.78 is 13.8. The maximum Gasteiger partial charge on any atom is 0.239 e. The summed E-state index contributed by atoms with van der Waals surface area (Å²) in [7, 11) is 0. The molecule has 3 heterocycles. The first-order valence-electron chi connectivity index (χ1n) is 13.2. The van der Waals surface area contributed by atoms with Gasteiger partial charge in [-0.3, -0.25) is 9.59 Å². The summed E-state index contributed by atoms with van der Waals surface area (Å²) in [6.45, 7) is 4.76. The van der Waals surface area contributed by atoms with E-state index >= 15 is 0 Å². The quantitative estimate of drug-likeness (QED) is 0.266. The van der Waals surface area contributed by atoms with Crippen molar-refractivity contribution in [2.45, 2.75) is 39.2 Å². The minimum absolute atomic E-state index is 0.0945. The van der Waals surface area contributed by atoms with Gasteiger partial charge in [0.05, 0.1) is 24.0 Å². The first-order chi connectivity index (χ1) is 18.8. The van der Waals surface area contributed by atoms with Crippen LogP contribution in [-0.4, -0.2) is 29.8 Å². The molecule has 0 spiro atoms. The molecule has 2 aromatic carbocycles. The number of hydrogen-bond donors (Lipinski definition) is 3. The lowest BCUT2D eigenvalue weighted by Gasteiger charge is -2.37. The number of halogens is 1. The number of aromatic amines is 1. The number of hydrogen-bond acceptors (Lipinski definition) is 5. The molecule has 0 saturated heterocycles. The maximum atomic E-state index is 13.8. The number of para-hydroxylation sites is 2. The third-order valence-corrected chi connectivity index (χ3v) is 8.50. The molecule has 200 valence electrons. The number of amides is 1. The highest BCUT2D eigenvalue weighted by molar-refractivity contribution is 7.10. The summed E-state index contributed by atoms with van der Waals surface area (Å²) in [5.41, 5.74) is 5.15. The van der Waals surface area contributed by atoms with Crippen LogP contribution in [0.5, 0.6) is 0 Å². The van der Waals surface area contributed by atoms with Crippen molar-refractivity contribution in [1.29, 1.82) is 0 Å². The summed E-state index contributed by atoms with van der Waals surface area (Å²) >= 11 is 1.60. The molecule has 1 atom stereocenters. The lowest BCUT2D eigenvalue weighted by Crippen LogP contribution is -2.42. The van der Waals surface area contributed by atoms with E-state index in [9.17, 15) is 14.0 Å². The molecule has 1 aliphatic heterocycles. The second kappa shape index (κ2) is 10.0. The smallest absolute Gasteiger partial charge is 0.239 e. The van der Waals surface area contributed by atoms with Crippen LogP contribution in [0.3, 0.4) is 0 Å². The summed E-state index contributed by atoms with van der Waals surface area (Å²) in [5.74, 6) is -0.295. The lowest BCUT2D eigenvalue weighted by atomic mass is 9.74. The molecule has 2 aliphatic rings. The number of nitrogens with zero attached hydrogens (tertiary/aromatic N) is 1. The number of aromatic nitrogens is 1. The van der Waals surface area contributed by atoms with E-state index in [2.05, 4.69) is 34.4 Å². The topological polar surface area (TPSA) is 77.2 Å². The fraction of sp³-hybridized carbons (Fsp3) is 0.290. The number of thiophene rings is 1. The van der Waals surface area contributed by atoms with Crippen molar-refractivity contribution in [3.63, 3.8) is 0 Å². The number of carbonyl (C=O) groups is 2. The van der Waals surface area contributed by atoms with Crippen molar-refractivity contribution in [2.75, 3.05) is 23.3 Å². The first kappa shape index (κ1) is 25.4. The highest BCUT2D eigenvalue weighted by atomic mass is 32.1. The number of H-pyrrole nitrogens is 1. The highest BCUT2D eigenvalue weighted by Crippen LogP contribution is 2.48. The third kappa shape index (κ3) is 4.96. The van der Waals surface area contributed by atoms with E-state index in [0.29, 0.717) is 19.4 Å². The van der Waals surface area contributed by atoms with E-state index in [-0.39, 0.29) is 35.5 Å². The number of carbonyl (C=O) groups excluding carboxylic acids is 2. The van der Waals surface area contributed by atoms with E-state index < -0.39 is 0 Å². The number of fused-ring (bicyclic) bond motifs is 2. The van der Waals surface area contributed by atoms with Gasteiger partial charge < -0.3 is 20.5 Å². The van der Waals surface area contributed by atoms with Crippen LogP contribution in [0.15, 0.2) is 77.4 Å². The predicted octanol–water partition coefficient (Wildman–Crippen LogP) is 6.34. The van der Waals surface area contributed by atoms with Gasteiger partial charge in [0.15, 0.2) is 5.78 Å². The number of rotatable bonds is 6. The van der Waals surface area contributed by atoms with Crippen LogP contribution < -0.4 is 15.5 Å². The van der Waals surface area contributed by atoms with Gasteiger partial charge in [0.2, 0.25) is 5.91 Å². The normalized spacial score (nSPS) is 18.4. The minimum atomic E-state index is -0.359. The molecule has 6 nitrogen and oxygen atoms in total. The van der Waals surface area contributed by atoms with Gasteiger partial charge in [0.1, 0.15) is 5.82 Å². The van der Waals surface area contributed by atoms with Crippen LogP contribution in [0, 0.1) is 11.2 Å². The van der Waals surface area contributed by atoms with Crippen molar-refractivity contribution in [3.8, 4) is 0 Å². The Morgan fingerprint density at radius 2 is 2.00 bits per heavy atom. The summed E-state index contributed by atoms with van der Waals surface area (Å²) in [6.07, 6.45) is 3.67. The van der Waals surface area contributed by atoms with Crippen LogP contribution in [0.2, 0.25) is 0 Å². The van der Waals surface area contributed by atoms with Gasteiger partial charge in [-0.25, -0.2) is 4.39 Å². The molecule has 1 aliphatic carbocycles. The molecule has 39 heavy (non-hydrogen) atoms. The Morgan fingerprint density at radius 3 is 2.82 bits per heavy atom. The SMILES string of the molecule is CC1(C)CC(=O)C2=C(C1)Nc1ccccc1N(CC(=O)NCCc1c[nH]c3ccc(F)cc13)C2c1cccs1. The Morgan fingerprint density at radius 1 is 1.15 bits per heavy atom. The number of nitrogens with one attached hydrogen (secondary N) is 3. The number of allylic oxidation sites excluding steroid dienone is 1. The molecule has 4 aromatic rings. The average molecular weight is 543 g/mol. The summed E-state index contributed by atoms with van der Waals surface area (Å²) in [5, 5.41) is 9.48. The first-order valence-corrected chi connectivity index (χ1v) is 14.1. The van der Waals surface area contributed by atoms with Gasteiger partial charge in [0, 0.05) is 46.2 Å². The van der Waals surface area contributed by atoms with Gasteiger partial charge in [-0.15, -0.1) is 11.3 Å². The Bertz CT molecular complexity index is 1590. The van der Waals surface area contributed by atoms with Crippen LogP contribution in [0.1, 0.15) is 43.2 Å². The van der Waals surface area contributed by atoms with Crippen molar-refractivity contribution < 1.29 is 14.0 Å². The van der Waals surface area contributed by atoms with Crippen LogP contribution in [0.4, 0.5) is 15.8 Å². The second-order valence-electron chi connectivity index (χ2n) is 11.1. The molecule has 1 unspecified atom stereocenters. The van der Waals surface area contributed by atoms with Crippen molar-refractivity contribution >= 4 is 45.3 Å². The molecule has 1 amide bonds. The van der Waals surface area contributed by atoms with E-state index in [1.54, 1.807) is 17.4 Å².